The molecular formula is C5H3F7O. The molecule has 13 heavy (non-hydrogen) atoms. The van der Waals surface area contributed by atoms with E-state index in [1.165, 1.54) is 0 Å². The van der Waals surface area contributed by atoms with Crippen LogP contribution in [0.5, 0.6) is 0 Å². The fourth-order valence-electron chi connectivity index (χ4n) is 0.301. The van der Waals surface area contributed by atoms with Crippen molar-refractivity contribution in [3.63, 3.8) is 0 Å². The van der Waals surface area contributed by atoms with Crippen molar-refractivity contribution in [1.29, 1.82) is 0 Å². The van der Waals surface area contributed by atoms with Gasteiger partial charge in [-0.1, -0.05) is 0 Å². The minimum Gasteiger partial charge on any atom is -0.456 e. The Balaban J connectivity index is 4.25. The smallest absolute Gasteiger partial charge is 0.372 e. The zero-order valence-corrected chi connectivity index (χ0v) is 5.79. The molecule has 1 atom stereocenters. The third kappa shape index (κ3) is 3.51. The van der Waals surface area contributed by atoms with Crippen LogP contribution in [0, 0.1) is 0 Å². The van der Waals surface area contributed by atoms with Crippen LogP contribution in [-0.4, -0.2) is 18.7 Å². The van der Waals surface area contributed by atoms with Gasteiger partial charge in [0.15, 0.2) is 6.26 Å². The van der Waals surface area contributed by atoms with E-state index < -0.39 is 31.0 Å². The molecule has 0 saturated carbocycles. The van der Waals surface area contributed by atoms with Crippen LogP contribution in [0.3, 0.4) is 0 Å². The Bertz CT molecular complexity index is 185. The second-order valence-corrected chi connectivity index (χ2v) is 1.83. The van der Waals surface area contributed by atoms with Gasteiger partial charge in [-0.25, -0.2) is 8.78 Å². The van der Waals surface area contributed by atoms with Gasteiger partial charge in [0.1, 0.15) is 0 Å². The maximum atomic E-state index is 12.0. The average molecular weight is 212 g/mol. The Hall–Kier alpha value is -0.950. The average Bonchev–Trinajstić information content (AvgIpc) is 1.99. The fourth-order valence-corrected chi connectivity index (χ4v) is 0.301. The van der Waals surface area contributed by atoms with Crippen LogP contribution in [0.2, 0.25) is 0 Å². The van der Waals surface area contributed by atoms with E-state index in [0.717, 1.165) is 0 Å². The Kier molecular flexibility index (Phi) is 4.02. The molecule has 0 fully saturated rings. The molecular weight excluding hydrogens is 209 g/mol. The first-order valence-electron chi connectivity index (χ1n) is 2.75. The Morgan fingerprint density at radius 1 is 1.15 bits per heavy atom. The van der Waals surface area contributed by atoms with Gasteiger partial charge in [0.2, 0.25) is 0 Å². The number of halogens is 7. The maximum Gasteiger partial charge on any atom is 0.372 e. The zero-order chi connectivity index (χ0) is 10.6. The van der Waals surface area contributed by atoms with Crippen molar-refractivity contribution in [2.75, 3.05) is 0 Å². The van der Waals surface area contributed by atoms with Gasteiger partial charge in [-0.05, 0) is 0 Å². The lowest BCUT2D eigenvalue weighted by molar-refractivity contribution is -0.233. The highest BCUT2D eigenvalue weighted by atomic mass is 19.3. The first kappa shape index (κ1) is 12.0. The van der Waals surface area contributed by atoms with Crippen molar-refractivity contribution in [3.05, 3.63) is 12.3 Å². The standard InChI is InChI=1S/C5H3F7O/c6-2(7)1-13-4(10)5(11,12)3(8)9/h1,3-4H. The fraction of sp³-hybridized carbons (Fsp3) is 0.600. The van der Waals surface area contributed by atoms with Gasteiger partial charge in [0, 0.05) is 0 Å². The van der Waals surface area contributed by atoms with Gasteiger partial charge in [-0.2, -0.15) is 22.0 Å². The van der Waals surface area contributed by atoms with Crippen LogP contribution in [-0.2, 0) is 4.74 Å². The van der Waals surface area contributed by atoms with E-state index in [9.17, 15) is 30.7 Å². The molecule has 78 valence electrons. The zero-order valence-electron chi connectivity index (χ0n) is 5.79. The van der Waals surface area contributed by atoms with Gasteiger partial charge in [0.25, 0.3) is 0 Å². The molecule has 0 heterocycles. The van der Waals surface area contributed by atoms with Crippen LogP contribution >= 0.6 is 0 Å². The largest absolute Gasteiger partial charge is 0.456 e. The summed E-state index contributed by atoms with van der Waals surface area (Å²) in [4.78, 5) is 0. The summed E-state index contributed by atoms with van der Waals surface area (Å²) < 4.78 is 83.6. The molecule has 0 amide bonds. The van der Waals surface area contributed by atoms with E-state index in [1.807, 2.05) is 0 Å². The number of alkyl halides is 5. The maximum absolute atomic E-state index is 12.0. The second kappa shape index (κ2) is 4.33. The van der Waals surface area contributed by atoms with Crippen LogP contribution < -0.4 is 0 Å². The van der Waals surface area contributed by atoms with E-state index in [4.69, 9.17) is 0 Å². The Morgan fingerprint density at radius 3 is 1.92 bits per heavy atom. The molecule has 0 aliphatic heterocycles. The summed E-state index contributed by atoms with van der Waals surface area (Å²) in [7, 11) is 0. The van der Waals surface area contributed by atoms with Crippen molar-refractivity contribution in [1.82, 2.24) is 0 Å². The summed E-state index contributed by atoms with van der Waals surface area (Å²) in [5.41, 5.74) is 0. The number of rotatable bonds is 4. The van der Waals surface area contributed by atoms with Crippen LogP contribution in [0.15, 0.2) is 12.3 Å². The van der Waals surface area contributed by atoms with Gasteiger partial charge in [0.05, 0.1) is 0 Å². The monoisotopic (exact) mass is 212 g/mol. The summed E-state index contributed by atoms with van der Waals surface area (Å²) in [5, 5.41) is 0. The first-order valence-corrected chi connectivity index (χ1v) is 2.75. The summed E-state index contributed by atoms with van der Waals surface area (Å²) in [6, 6.07) is 0. The van der Waals surface area contributed by atoms with Gasteiger partial charge in [-0.15, -0.1) is 0 Å². The molecule has 0 spiro atoms. The van der Waals surface area contributed by atoms with Crippen LogP contribution in [0.25, 0.3) is 0 Å². The Morgan fingerprint density at radius 2 is 1.62 bits per heavy atom. The first-order chi connectivity index (χ1) is 5.78. The molecule has 0 aliphatic carbocycles. The van der Waals surface area contributed by atoms with Gasteiger partial charge < -0.3 is 4.74 Å². The minimum absolute atomic E-state index is 0.666. The summed E-state index contributed by atoms with van der Waals surface area (Å²) in [6.07, 6.45) is -11.4. The highest BCUT2D eigenvalue weighted by Gasteiger charge is 2.51. The second-order valence-electron chi connectivity index (χ2n) is 1.83. The minimum atomic E-state index is -5.11. The topological polar surface area (TPSA) is 9.23 Å². The van der Waals surface area contributed by atoms with E-state index in [-0.39, 0.29) is 0 Å². The summed E-state index contributed by atoms with van der Waals surface area (Å²) >= 11 is 0. The predicted molar refractivity (Wildman–Crippen MR) is 27.2 cm³/mol. The Labute approximate surface area is 67.8 Å². The molecule has 0 rings (SSSR count). The lowest BCUT2D eigenvalue weighted by Crippen LogP contribution is -2.38. The molecule has 1 unspecified atom stereocenters. The third-order valence-electron chi connectivity index (χ3n) is 0.870. The van der Waals surface area contributed by atoms with Gasteiger partial charge >= 0.3 is 24.8 Å². The van der Waals surface area contributed by atoms with Crippen molar-refractivity contribution in [2.45, 2.75) is 18.7 Å². The van der Waals surface area contributed by atoms with Crippen molar-refractivity contribution >= 4 is 0 Å². The molecule has 0 radical (unpaired) electrons. The molecule has 0 N–H and O–H groups in total. The number of hydrogen-bond acceptors (Lipinski definition) is 1. The summed E-state index contributed by atoms with van der Waals surface area (Å²) in [5.74, 6) is -5.11. The normalized spacial score (nSPS) is 14.2. The van der Waals surface area contributed by atoms with E-state index in [0.29, 0.717) is 0 Å². The molecule has 0 saturated heterocycles. The molecule has 0 aromatic heterocycles. The van der Waals surface area contributed by atoms with Crippen LogP contribution in [0.1, 0.15) is 0 Å². The van der Waals surface area contributed by atoms with Crippen molar-refractivity contribution in [3.8, 4) is 0 Å². The van der Waals surface area contributed by atoms with Crippen LogP contribution in [0.4, 0.5) is 30.7 Å². The third-order valence-corrected chi connectivity index (χ3v) is 0.870. The van der Waals surface area contributed by atoms with E-state index in [2.05, 4.69) is 4.74 Å². The molecule has 0 aromatic rings. The lowest BCUT2D eigenvalue weighted by atomic mass is 10.3. The number of hydrogen-bond donors (Lipinski definition) is 0. The van der Waals surface area contributed by atoms with E-state index in [1.54, 1.807) is 0 Å². The van der Waals surface area contributed by atoms with Crippen molar-refractivity contribution in [2.24, 2.45) is 0 Å². The van der Waals surface area contributed by atoms with E-state index >= 15 is 0 Å². The number of ether oxygens (including phenoxy) is 1. The predicted octanol–water partition coefficient (Wildman–Crippen LogP) is 2.94. The molecule has 0 bridgehead atoms. The SMILES string of the molecule is FC(F)=COC(F)C(F)(F)C(F)F. The molecule has 0 aliphatic rings. The lowest BCUT2D eigenvalue weighted by Gasteiger charge is -2.18. The highest BCUT2D eigenvalue weighted by Crippen LogP contribution is 2.29. The quantitative estimate of drug-likeness (QED) is 0.514. The summed E-state index contributed by atoms with van der Waals surface area (Å²) in [6.45, 7) is 0. The van der Waals surface area contributed by atoms with Crippen molar-refractivity contribution < 1.29 is 35.5 Å². The highest BCUT2D eigenvalue weighted by molar-refractivity contribution is 4.77. The van der Waals surface area contributed by atoms with Gasteiger partial charge in [-0.3, -0.25) is 0 Å². The molecule has 0 aromatic carbocycles. The molecule has 1 nitrogen and oxygen atoms in total. The molecule has 8 heteroatoms.